The summed E-state index contributed by atoms with van der Waals surface area (Å²) in [6.45, 7) is 12.5. The number of benzene rings is 1. The molecule has 0 amide bonds. The maximum Gasteiger partial charge on any atom is 0.191 e. The first-order chi connectivity index (χ1) is 16.6. The zero-order chi connectivity index (χ0) is 25.2. The SMILES string of the molecule is COc1ccc([C@@H]2OC[C@H]3O[C@H]4C[C@@H](O)[C@H](CCCO[Si](C)(C)C(C)(C)C)O[C@@H]4CC[C@@H]3O2)cc1. The molecule has 35 heavy (non-hydrogen) atoms. The van der Waals surface area contributed by atoms with Crippen molar-refractivity contribution in [1.29, 1.82) is 0 Å². The summed E-state index contributed by atoms with van der Waals surface area (Å²) in [5, 5.41) is 11.0. The van der Waals surface area contributed by atoms with E-state index in [2.05, 4.69) is 33.9 Å². The Labute approximate surface area is 211 Å². The lowest BCUT2D eigenvalue weighted by Gasteiger charge is -2.40. The predicted octanol–water partition coefficient (Wildman–Crippen LogP) is 4.98. The van der Waals surface area contributed by atoms with Crippen molar-refractivity contribution in [3.05, 3.63) is 29.8 Å². The van der Waals surface area contributed by atoms with Gasteiger partial charge in [0.15, 0.2) is 14.6 Å². The maximum absolute atomic E-state index is 10.8. The molecule has 1 aromatic carbocycles. The number of hydrogen-bond acceptors (Lipinski definition) is 7. The second kappa shape index (κ2) is 11.2. The van der Waals surface area contributed by atoms with E-state index in [9.17, 15) is 5.11 Å². The van der Waals surface area contributed by atoms with Gasteiger partial charge in [-0.2, -0.15) is 0 Å². The molecule has 1 N–H and O–H groups in total. The van der Waals surface area contributed by atoms with Crippen LogP contribution >= 0.6 is 0 Å². The van der Waals surface area contributed by atoms with Crippen LogP contribution in [0.25, 0.3) is 0 Å². The van der Waals surface area contributed by atoms with E-state index in [0.717, 1.165) is 43.6 Å². The molecule has 3 heterocycles. The molecule has 198 valence electrons. The molecule has 0 aliphatic carbocycles. The topological polar surface area (TPSA) is 75.6 Å². The summed E-state index contributed by atoms with van der Waals surface area (Å²) >= 11 is 0. The summed E-state index contributed by atoms with van der Waals surface area (Å²) in [6, 6.07) is 7.78. The van der Waals surface area contributed by atoms with E-state index in [-0.39, 0.29) is 35.6 Å². The van der Waals surface area contributed by atoms with Crippen molar-refractivity contribution in [2.24, 2.45) is 0 Å². The molecule has 7 nitrogen and oxygen atoms in total. The van der Waals surface area contributed by atoms with Gasteiger partial charge in [-0.15, -0.1) is 0 Å². The second-order valence-corrected chi connectivity index (χ2v) is 16.5. The fourth-order valence-corrected chi connectivity index (χ4v) is 5.96. The molecule has 7 atom stereocenters. The molecule has 1 aromatic rings. The zero-order valence-electron chi connectivity index (χ0n) is 22.2. The Bertz CT molecular complexity index is 809. The number of hydrogen-bond donors (Lipinski definition) is 1. The predicted molar refractivity (Wildman–Crippen MR) is 136 cm³/mol. The third-order valence-electron chi connectivity index (χ3n) is 8.17. The van der Waals surface area contributed by atoms with E-state index in [1.165, 1.54) is 0 Å². The van der Waals surface area contributed by atoms with Gasteiger partial charge in [0.2, 0.25) is 0 Å². The van der Waals surface area contributed by atoms with Gasteiger partial charge in [0.25, 0.3) is 0 Å². The lowest BCUT2D eigenvalue weighted by atomic mass is 9.93. The van der Waals surface area contributed by atoms with Gasteiger partial charge in [-0.25, -0.2) is 0 Å². The van der Waals surface area contributed by atoms with Gasteiger partial charge in [0.05, 0.1) is 44.2 Å². The molecule has 4 rings (SSSR count). The lowest BCUT2D eigenvalue weighted by Crippen LogP contribution is -2.49. The van der Waals surface area contributed by atoms with Gasteiger partial charge >= 0.3 is 0 Å². The molecule has 3 fully saturated rings. The van der Waals surface area contributed by atoms with Crippen LogP contribution in [-0.4, -0.2) is 70.4 Å². The minimum absolute atomic E-state index is 0.0293. The first-order valence-corrected chi connectivity index (χ1v) is 16.0. The van der Waals surface area contributed by atoms with Gasteiger partial charge in [-0.3, -0.25) is 0 Å². The Morgan fingerprint density at radius 2 is 1.66 bits per heavy atom. The summed E-state index contributed by atoms with van der Waals surface area (Å²) in [6.07, 6.45) is 2.49. The molecule has 3 aliphatic heterocycles. The van der Waals surface area contributed by atoms with E-state index in [4.69, 9.17) is 28.1 Å². The second-order valence-electron chi connectivity index (χ2n) is 11.7. The maximum atomic E-state index is 10.8. The molecule has 0 radical (unpaired) electrons. The number of ether oxygens (including phenoxy) is 5. The van der Waals surface area contributed by atoms with Crippen LogP contribution in [0.2, 0.25) is 18.1 Å². The molecule has 0 aromatic heterocycles. The number of fused-ring (bicyclic) bond motifs is 2. The number of methoxy groups -OCH3 is 1. The molecular weight excluding hydrogens is 464 g/mol. The average Bonchev–Trinajstić information content (AvgIpc) is 2.99. The Balaban J connectivity index is 1.28. The van der Waals surface area contributed by atoms with E-state index in [1.807, 2.05) is 24.3 Å². The average molecular weight is 509 g/mol. The largest absolute Gasteiger partial charge is 0.497 e. The van der Waals surface area contributed by atoms with Crippen molar-refractivity contribution in [1.82, 2.24) is 0 Å². The third kappa shape index (κ3) is 6.47. The van der Waals surface area contributed by atoms with Crippen molar-refractivity contribution in [2.45, 2.75) is 114 Å². The van der Waals surface area contributed by atoms with Crippen LogP contribution in [0.1, 0.15) is 64.7 Å². The van der Waals surface area contributed by atoms with Gasteiger partial charge in [0.1, 0.15) is 11.9 Å². The molecule has 0 bridgehead atoms. The summed E-state index contributed by atoms with van der Waals surface area (Å²) in [4.78, 5) is 0. The highest BCUT2D eigenvalue weighted by Crippen LogP contribution is 2.39. The Kier molecular flexibility index (Phi) is 8.63. The zero-order valence-corrected chi connectivity index (χ0v) is 23.2. The molecule has 3 saturated heterocycles. The minimum atomic E-state index is -1.75. The summed E-state index contributed by atoms with van der Waals surface area (Å²) in [7, 11) is -0.0968. The van der Waals surface area contributed by atoms with Gasteiger partial charge in [0, 0.05) is 18.6 Å². The van der Waals surface area contributed by atoms with E-state index < -0.39 is 20.7 Å². The van der Waals surface area contributed by atoms with Crippen LogP contribution in [0.5, 0.6) is 5.75 Å². The van der Waals surface area contributed by atoms with Crippen LogP contribution < -0.4 is 4.74 Å². The first-order valence-electron chi connectivity index (χ1n) is 13.1. The van der Waals surface area contributed by atoms with Crippen LogP contribution in [0, 0.1) is 0 Å². The van der Waals surface area contributed by atoms with E-state index >= 15 is 0 Å². The normalized spacial score (nSPS) is 34.0. The Morgan fingerprint density at radius 1 is 0.971 bits per heavy atom. The fraction of sp³-hybridized carbons (Fsp3) is 0.778. The van der Waals surface area contributed by atoms with Crippen LogP contribution in [0.15, 0.2) is 24.3 Å². The number of rotatable bonds is 7. The molecular formula is C27H44O7Si. The number of aliphatic hydroxyl groups excluding tert-OH is 1. The van der Waals surface area contributed by atoms with Crippen molar-refractivity contribution in [2.75, 3.05) is 20.3 Å². The summed E-state index contributed by atoms with van der Waals surface area (Å²) < 4.78 is 36.7. The highest BCUT2D eigenvalue weighted by atomic mass is 28.4. The smallest absolute Gasteiger partial charge is 0.191 e. The molecule has 0 spiro atoms. The highest BCUT2D eigenvalue weighted by molar-refractivity contribution is 6.74. The molecule has 0 unspecified atom stereocenters. The first kappa shape index (κ1) is 27.0. The van der Waals surface area contributed by atoms with Gasteiger partial charge < -0.3 is 33.2 Å². The Morgan fingerprint density at radius 3 is 2.31 bits per heavy atom. The van der Waals surface area contributed by atoms with Crippen LogP contribution in [0.4, 0.5) is 0 Å². The van der Waals surface area contributed by atoms with E-state index in [0.29, 0.717) is 13.0 Å². The van der Waals surface area contributed by atoms with Crippen molar-refractivity contribution in [3.63, 3.8) is 0 Å². The monoisotopic (exact) mass is 508 g/mol. The van der Waals surface area contributed by atoms with Gasteiger partial charge in [-0.1, -0.05) is 32.9 Å². The summed E-state index contributed by atoms with van der Waals surface area (Å²) in [5.41, 5.74) is 0.970. The van der Waals surface area contributed by atoms with Crippen LogP contribution in [-0.2, 0) is 23.4 Å². The molecule has 8 heteroatoms. The highest BCUT2D eigenvalue weighted by Gasteiger charge is 2.45. The van der Waals surface area contributed by atoms with E-state index in [1.54, 1.807) is 7.11 Å². The van der Waals surface area contributed by atoms with Crippen molar-refractivity contribution in [3.8, 4) is 5.75 Å². The summed E-state index contributed by atoms with van der Waals surface area (Å²) in [5.74, 6) is 0.807. The van der Waals surface area contributed by atoms with Gasteiger partial charge in [-0.05, 0) is 55.9 Å². The Hall–Kier alpha value is -1.00. The quantitative estimate of drug-likeness (QED) is 0.411. The molecule has 0 saturated carbocycles. The third-order valence-corrected chi connectivity index (χ3v) is 12.7. The fourth-order valence-electron chi connectivity index (χ4n) is 4.88. The number of aliphatic hydroxyl groups is 1. The minimum Gasteiger partial charge on any atom is -0.497 e. The molecule has 3 aliphatic rings. The van der Waals surface area contributed by atoms with Crippen LogP contribution in [0.3, 0.4) is 0 Å². The van der Waals surface area contributed by atoms with Crippen molar-refractivity contribution < 1.29 is 33.2 Å². The van der Waals surface area contributed by atoms with Crippen molar-refractivity contribution >= 4 is 8.32 Å². The lowest BCUT2D eigenvalue weighted by molar-refractivity contribution is -0.277. The standard InChI is InChI=1S/C27H44O7Si/c1-27(2,3)35(5,6)31-15-7-8-21-20(28)16-24-22(32-21)13-14-23-25(33-24)17-30-26(34-23)18-9-11-19(29-4)12-10-18/h9-12,20-26,28H,7-8,13-17H2,1-6H3/t20-,21+,22-,23+,24+,25-,26-/m1/s1.